The van der Waals surface area contributed by atoms with Crippen LogP contribution in [0.1, 0.15) is 0 Å². The van der Waals surface area contributed by atoms with Crippen molar-refractivity contribution in [2.24, 2.45) is 0 Å². The second-order valence-corrected chi connectivity index (χ2v) is 5.85. The number of hydrogen-bond acceptors (Lipinski definition) is 4. The standard InChI is InChI=1S/C13H8F2N2O2S2/c14-8-1-2-9-12(11(8)15)17(7-3-4-20-5-7)13(16-9)21-6-10(18)19/h1-5H,6H2,(H,18,19). The van der Waals surface area contributed by atoms with E-state index in [1.54, 1.807) is 16.8 Å². The number of rotatable bonds is 4. The van der Waals surface area contributed by atoms with Gasteiger partial charge in [0, 0.05) is 5.38 Å². The predicted octanol–water partition coefficient (Wildman–Crippen LogP) is 3.54. The fourth-order valence-electron chi connectivity index (χ4n) is 1.93. The Balaban J connectivity index is 2.25. The molecule has 1 N–H and O–H groups in total. The molecule has 0 unspecified atom stereocenters. The molecule has 0 aliphatic carbocycles. The zero-order valence-corrected chi connectivity index (χ0v) is 12.0. The van der Waals surface area contributed by atoms with Gasteiger partial charge in [0.1, 0.15) is 5.52 Å². The second kappa shape index (κ2) is 5.45. The van der Waals surface area contributed by atoms with Gasteiger partial charge < -0.3 is 5.11 Å². The van der Waals surface area contributed by atoms with Gasteiger partial charge in [-0.25, -0.2) is 13.8 Å². The summed E-state index contributed by atoms with van der Waals surface area (Å²) >= 11 is 2.36. The van der Waals surface area contributed by atoms with E-state index in [1.807, 2.05) is 0 Å². The van der Waals surface area contributed by atoms with Gasteiger partial charge in [0.2, 0.25) is 0 Å². The highest BCUT2D eigenvalue weighted by atomic mass is 32.2. The van der Waals surface area contributed by atoms with Crippen LogP contribution in [-0.4, -0.2) is 26.4 Å². The molecule has 0 radical (unpaired) electrons. The van der Waals surface area contributed by atoms with Gasteiger partial charge in [-0.2, -0.15) is 11.3 Å². The molecule has 0 atom stereocenters. The van der Waals surface area contributed by atoms with E-state index in [-0.39, 0.29) is 16.8 Å². The first-order chi connectivity index (χ1) is 10.1. The number of carboxylic acid groups (broad SMARTS) is 1. The summed E-state index contributed by atoms with van der Waals surface area (Å²) < 4.78 is 29.0. The molecule has 0 aliphatic rings. The summed E-state index contributed by atoms with van der Waals surface area (Å²) in [6, 6.07) is 4.12. The van der Waals surface area contributed by atoms with E-state index in [0.717, 1.165) is 17.8 Å². The van der Waals surface area contributed by atoms with Gasteiger partial charge in [0.05, 0.1) is 17.0 Å². The number of aromatic nitrogens is 2. The SMILES string of the molecule is O=C(O)CSc1nc2ccc(F)c(F)c2n1-c1ccsc1. The smallest absolute Gasteiger partial charge is 0.313 e. The normalized spacial score (nSPS) is 11.1. The van der Waals surface area contributed by atoms with Crippen molar-refractivity contribution < 1.29 is 18.7 Å². The lowest BCUT2D eigenvalue weighted by Crippen LogP contribution is -2.02. The molecule has 0 fully saturated rings. The average molecular weight is 326 g/mol. The molecule has 1 aromatic carbocycles. The number of nitrogens with zero attached hydrogens (tertiary/aromatic N) is 2. The molecule has 0 saturated carbocycles. The lowest BCUT2D eigenvalue weighted by atomic mass is 10.3. The molecule has 0 amide bonds. The van der Waals surface area contributed by atoms with E-state index in [9.17, 15) is 13.6 Å². The quantitative estimate of drug-likeness (QED) is 0.745. The molecule has 0 bridgehead atoms. The maximum Gasteiger partial charge on any atom is 0.313 e. The summed E-state index contributed by atoms with van der Waals surface area (Å²) in [4.78, 5) is 14.9. The lowest BCUT2D eigenvalue weighted by Gasteiger charge is -2.06. The van der Waals surface area contributed by atoms with Crippen molar-refractivity contribution in [3.63, 3.8) is 0 Å². The molecule has 2 heterocycles. The summed E-state index contributed by atoms with van der Waals surface area (Å²) in [5, 5.41) is 12.7. The van der Waals surface area contributed by atoms with Crippen LogP contribution in [0.2, 0.25) is 0 Å². The largest absolute Gasteiger partial charge is 0.481 e. The highest BCUT2D eigenvalue weighted by Crippen LogP contribution is 2.31. The maximum atomic E-state index is 14.1. The Morgan fingerprint density at radius 3 is 2.86 bits per heavy atom. The molecule has 8 heteroatoms. The topological polar surface area (TPSA) is 55.1 Å². The molecular formula is C13H8F2N2O2S2. The minimum Gasteiger partial charge on any atom is -0.481 e. The highest BCUT2D eigenvalue weighted by Gasteiger charge is 2.19. The summed E-state index contributed by atoms with van der Waals surface area (Å²) in [6.45, 7) is 0. The van der Waals surface area contributed by atoms with E-state index < -0.39 is 17.6 Å². The van der Waals surface area contributed by atoms with E-state index in [2.05, 4.69) is 4.98 Å². The van der Waals surface area contributed by atoms with Gasteiger partial charge in [0.15, 0.2) is 16.8 Å². The minimum absolute atomic E-state index is 0.0151. The van der Waals surface area contributed by atoms with Crippen LogP contribution in [0, 0.1) is 11.6 Å². The monoisotopic (exact) mass is 326 g/mol. The van der Waals surface area contributed by atoms with Crippen molar-refractivity contribution in [2.45, 2.75) is 5.16 Å². The Labute approximate surface area is 126 Å². The maximum absolute atomic E-state index is 14.1. The fraction of sp³-hybridized carbons (Fsp3) is 0.0769. The third-order valence-corrected chi connectivity index (χ3v) is 4.36. The molecule has 4 nitrogen and oxygen atoms in total. The van der Waals surface area contributed by atoms with Crippen LogP contribution in [0.15, 0.2) is 34.1 Å². The molecular weight excluding hydrogens is 318 g/mol. The second-order valence-electron chi connectivity index (χ2n) is 4.12. The number of aliphatic carboxylic acids is 1. The van der Waals surface area contributed by atoms with Gasteiger partial charge in [0.25, 0.3) is 0 Å². The van der Waals surface area contributed by atoms with E-state index in [0.29, 0.717) is 10.8 Å². The van der Waals surface area contributed by atoms with Crippen molar-refractivity contribution in [3.8, 4) is 5.69 Å². The van der Waals surface area contributed by atoms with Crippen molar-refractivity contribution in [1.82, 2.24) is 9.55 Å². The molecule has 0 spiro atoms. The van der Waals surface area contributed by atoms with Gasteiger partial charge >= 0.3 is 5.97 Å². The Hall–Kier alpha value is -1.93. The number of hydrogen-bond donors (Lipinski definition) is 1. The highest BCUT2D eigenvalue weighted by molar-refractivity contribution is 7.99. The predicted molar refractivity (Wildman–Crippen MR) is 77.2 cm³/mol. The number of carbonyl (C=O) groups is 1. The first-order valence-corrected chi connectivity index (χ1v) is 7.74. The van der Waals surface area contributed by atoms with Crippen LogP contribution >= 0.6 is 23.1 Å². The molecule has 3 rings (SSSR count). The summed E-state index contributed by atoms with van der Waals surface area (Å²) in [5.41, 5.74) is 0.925. The van der Waals surface area contributed by atoms with Crippen molar-refractivity contribution in [1.29, 1.82) is 0 Å². The molecule has 21 heavy (non-hydrogen) atoms. The third kappa shape index (κ3) is 2.52. The van der Waals surface area contributed by atoms with Gasteiger partial charge in [-0.15, -0.1) is 0 Å². The Kier molecular flexibility index (Phi) is 3.64. The summed E-state index contributed by atoms with van der Waals surface area (Å²) in [6.07, 6.45) is 0. The van der Waals surface area contributed by atoms with Crippen LogP contribution in [0.25, 0.3) is 16.7 Å². The summed E-state index contributed by atoms with van der Waals surface area (Å²) in [5.74, 6) is -3.17. The number of halogens is 2. The van der Waals surface area contributed by atoms with Crippen LogP contribution in [0.4, 0.5) is 8.78 Å². The molecule has 0 saturated heterocycles. The molecule has 0 aliphatic heterocycles. The van der Waals surface area contributed by atoms with Gasteiger partial charge in [-0.1, -0.05) is 11.8 Å². The average Bonchev–Trinajstić information content (AvgIpc) is 3.07. The zero-order chi connectivity index (χ0) is 15.0. The third-order valence-electron chi connectivity index (χ3n) is 2.77. The Morgan fingerprint density at radius 1 is 1.38 bits per heavy atom. The van der Waals surface area contributed by atoms with Crippen molar-refractivity contribution >= 4 is 40.1 Å². The van der Waals surface area contributed by atoms with Crippen molar-refractivity contribution in [2.75, 3.05) is 5.75 Å². The Morgan fingerprint density at radius 2 is 2.19 bits per heavy atom. The first-order valence-electron chi connectivity index (χ1n) is 5.81. The van der Waals surface area contributed by atoms with Crippen LogP contribution < -0.4 is 0 Å². The number of fused-ring (bicyclic) bond motifs is 1. The van der Waals surface area contributed by atoms with Gasteiger partial charge in [-0.3, -0.25) is 9.36 Å². The number of carboxylic acids is 1. The number of thioether (sulfide) groups is 1. The van der Waals surface area contributed by atoms with E-state index in [4.69, 9.17) is 5.11 Å². The van der Waals surface area contributed by atoms with Crippen LogP contribution in [0.3, 0.4) is 0 Å². The fourth-order valence-corrected chi connectivity index (χ4v) is 3.29. The van der Waals surface area contributed by atoms with E-state index in [1.165, 1.54) is 22.0 Å². The number of imidazole rings is 1. The molecule has 3 aromatic rings. The Bertz CT molecular complexity index is 815. The molecule has 108 valence electrons. The lowest BCUT2D eigenvalue weighted by molar-refractivity contribution is -0.133. The minimum atomic E-state index is -1.00. The van der Waals surface area contributed by atoms with E-state index >= 15 is 0 Å². The van der Waals surface area contributed by atoms with Crippen LogP contribution in [0.5, 0.6) is 0 Å². The first kappa shape index (κ1) is 14.0. The zero-order valence-electron chi connectivity index (χ0n) is 10.4. The number of thiophene rings is 1. The van der Waals surface area contributed by atoms with Gasteiger partial charge in [-0.05, 0) is 23.6 Å². The summed E-state index contributed by atoms with van der Waals surface area (Å²) in [7, 11) is 0. The van der Waals surface area contributed by atoms with Crippen LogP contribution in [-0.2, 0) is 4.79 Å². The number of benzene rings is 1. The molecule has 2 aromatic heterocycles. The van der Waals surface area contributed by atoms with Crippen molar-refractivity contribution in [3.05, 3.63) is 40.6 Å².